The summed E-state index contributed by atoms with van der Waals surface area (Å²) < 4.78 is 0. The van der Waals surface area contributed by atoms with Crippen molar-refractivity contribution in [3.05, 3.63) is 0 Å². The second-order valence-corrected chi connectivity index (χ2v) is 4.05. The molecule has 1 atom stereocenters. The standard InChI is InChI=1S/C10H19NO2/c1-2-7-3-5-8(6-4-7)9(11)10(12)13/h7-9H,2-6,11H2,1H3,(H,12,13). The van der Waals surface area contributed by atoms with E-state index in [0.29, 0.717) is 0 Å². The molecule has 76 valence electrons. The van der Waals surface area contributed by atoms with Crippen LogP contribution in [0.15, 0.2) is 0 Å². The molecule has 1 aliphatic rings. The minimum absolute atomic E-state index is 0.209. The summed E-state index contributed by atoms with van der Waals surface area (Å²) in [6, 6.07) is -0.641. The summed E-state index contributed by atoms with van der Waals surface area (Å²) in [4.78, 5) is 10.6. The van der Waals surface area contributed by atoms with Crippen LogP contribution in [0.25, 0.3) is 0 Å². The fourth-order valence-corrected chi connectivity index (χ4v) is 2.16. The van der Waals surface area contributed by atoms with E-state index < -0.39 is 12.0 Å². The van der Waals surface area contributed by atoms with Crippen molar-refractivity contribution in [1.29, 1.82) is 0 Å². The molecule has 0 aromatic carbocycles. The van der Waals surface area contributed by atoms with Crippen LogP contribution in [-0.2, 0) is 4.79 Å². The smallest absolute Gasteiger partial charge is 0.320 e. The Morgan fingerprint density at radius 2 is 2.00 bits per heavy atom. The van der Waals surface area contributed by atoms with Gasteiger partial charge in [0, 0.05) is 0 Å². The monoisotopic (exact) mass is 185 g/mol. The predicted molar refractivity (Wildman–Crippen MR) is 51.4 cm³/mol. The lowest BCUT2D eigenvalue weighted by Gasteiger charge is -2.29. The maximum atomic E-state index is 10.6. The summed E-state index contributed by atoms with van der Waals surface area (Å²) in [7, 11) is 0. The van der Waals surface area contributed by atoms with Gasteiger partial charge in [0.25, 0.3) is 0 Å². The Labute approximate surface area is 79.3 Å². The highest BCUT2D eigenvalue weighted by Gasteiger charge is 2.28. The summed E-state index contributed by atoms with van der Waals surface area (Å²) in [6.07, 6.45) is 5.51. The Morgan fingerprint density at radius 3 is 2.38 bits per heavy atom. The van der Waals surface area contributed by atoms with Crippen molar-refractivity contribution >= 4 is 5.97 Å². The number of rotatable bonds is 3. The fourth-order valence-electron chi connectivity index (χ4n) is 2.16. The molecule has 3 heteroatoms. The zero-order valence-corrected chi connectivity index (χ0v) is 8.20. The molecule has 1 rings (SSSR count). The van der Waals surface area contributed by atoms with Gasteiger partial charge in [-0.25, -0.2) is 0 Å². The highest BCUT2D eigenvalue weighted by atomic mass is 16.4. The van der Waals surface area contributed by atoms with Crippen molar-refractivity contribution in [1.82, 2.24) is 0 Å². The second kappa shape index (κ2) is 4.61. The van der Waals surface area contributed by atoms with Gasteiger partial charge in [-0.1, -0.05) is 26.2 Å². The number of carboxylic acids is 1. The van der Waals surface area contributed by atoms with Gasteiger partial charge in [-0.3, -0.25) is 4.79 Å². The molecule has 0 radical (unpaired) electrons. The zero-order chi connectivity index (χ0) is 9.84. The normalized spacial score (nSPS) is 31.2. The van der Waals surface area contributed by atoms with Crippen LogP contribution >= 0.6 is 0 Å². The van der Waals surface area contributed by atoms with Crippen LogP contribution in [-0.4, -0.2) is 17.1 Å². The lowest BCUT2D eigenvalue weighted by Crippen LogP contribution is -2.39. The van der Waals surface area contributed by atoms with Crippen molar-refractivity contribution in [2.45, 2.75) is 45.1 Å². The molecule has 13 heavy (non-hydrogen) atoms. The molecule has 3 N–H and O–H groups in total. The van der Waals surface area contributed by atoms with Gasteiger partial charge in [0.15, 0.2) is 0 Å². The maximum absolute atomic E-state index is 10.6. The van der Waals surface area contributed by atoms with Gasteiger partial charge in [0.1, 0.15) is 6.04 Å². The molecule has 1 aliphatic carbocycles. The first kappa shape index (κ1) is 10.5. The highest BCUT2D eigenvalue weighted by molar-refractivity contribution is 5.73. The van der Waals surface area contributed by atoms with Gasteiger partial charge in [-0.05, 0) is 24.7 Å². The summed E-state index contributed by atoms with van der Waals surface area (Å²) in [5.74, 6) is 0.164. The van der Waals surface area contributed by atoms with Crippen molar-refractivity contribution in [3.8, 4) is 0 Å². The SMILES string of the molecule is CCC1CCC(C(N)C(=O)O)CC1. The van der Waals surface area contributed by atoms with Crippen LogP contribution in [0.1, 0.15) is 39.0 Å². The molecule has 1 unspecified atom stereocenters. The third-order valence-electron chi connectivity index (χ3n) is 3.26. The van der Waals surface area contributed by atoms with Gasteiger partial charge in [-0.2, -0.15) is 0 Å². The van der Waals surface area contributed by atoms with Gasteiger partial charge in [-0.15, -0.1) is 0 Å². The number of carbonyl (C=O) groups is 1. The van der Waals surface area contributed by atoms with Crippen LogP contribution in [0.4, 0.5) is 0 Å². The fraction of sp³-hybridized carbons (Fsp3) is 0.900. The highest BCUT2D eigenvalue weighted by Crippen LogP contribution is 2.31. The Bertz CT molecular complexity index is 174. The Hall–Kier alpha value is -0.570. The van der Waals surface area contributed by atoms with E-state index >= 15 is 0 Å². The van der Waals surface area contributed by atoms with Crippen molar-refractivity contribution in [3.63, 3.8) is 0 Å². The number of hydrogen-bond acceptors (Lipinski definition) is 2. The summed E-state index contributed by atoms with van der Waals surface area (Å²) in [5, 5.41) is 8.73. The maximum Gasteiger partial charge on any atom is 0.320 e. The quantitative estimate of drug-likeness (QED) is 0.702. The lowest BCUT2D eigenvalue weighted by molar-refractivity contribution is -0.140. The second-order valence-electron chi connectivity index (χ2n) is 4.05. The van der Waals surface area contributed by atoms with Crippen LogP contribution < -0.4 is 5.73 Å². The first-order valence-electron chi connectivity index (χ1n) is 5.13. The predicted octanol–water partition coefficient (Wildman–Crippen LogP) is 1.61. The van der Waals surface area contributed by atoms with Crippen LogP contribution in [0.3, 0.4) is 0 Å². The molecule has 0 heterocycles. The number of carboxylic acid groups (broad SMARTS) is 1. The van der Waals surface area contributed by atoms with Gasteiger partial charge in [0.05, 0.1) is 0 Å². The van der Waals surface area contributed by atoms with Crippen LogP contribution in [0, 0.1) is 11.8 Å². The number of nitrogens with two attached hydrogens (primary N) is 1. The number of hydrogen-bond donors (Lipinski definition) is 2. The molecular weight excluding hydrogens is 166 g/mol. The zero-order valence-electron chi connectivity index (χ0n) is 8.20. The van der Waals surface area contributed by atoms with E-state index in [2.05, 4.69) is 6.92 Å². The van der Waals surface area contributed by atoms with Gasteiger partial charge in [0.2, 0.25) is 0 Å². The van der Waals surface area contributed by atoms with Crippen molar-refractivity contribution in [2.24, 2.45) is 17.6 Å². The van der Waals surface area contributed by atoms with Gasteiger partial charge >= 0.3 is 5.97 Å². The Kier molecular flexibility index (Phi) is 3.72. The number of aliphatic carboxylic acids is 1. The van der Waals surface area contributed by atoms with E-state index in [1.165, 1.54) is 6.42 Å². The minimum Gasteiger partial charge on any atom is -0.480 e. The lowest BCUT2D eigenvalue weighted by atomic mass is 9.78. The Balaban J connectivity index is 2.36. The Morgan fingerprint density at radius 1 is 1.46 bits per heavy atom. The van der Waals surface area contributed by atoms with E-state index in [4.69, 9.17) is 10.8 Å². The molecule has 0 bridgehead atoms. The molecule has 0 saturated heterocycles. The summed E-state index contributed by atoms with van der Waals surface area (Å²) >= 11 is 0. The third-order valence-corrected chi connectivity index (χ3v) is 3.26. The first-order chi connectivity index (χ1) is 6.15. The molecule has 0 aliphatic heterocycles. The molecule has 1 saturated carbocycles. The molecular formula is C10H19NO2. The topological polar surface area (TPSA) is 63.3 Å². The molecule has 0 aromatic rings. The van der Waals surface area contributed by atoms with E-state index in [-0.39, 0.29) is 5.92 Å². The molecule has 0 aromatic heterocycles. The van der Waals surface area contributed by atoms with Gasteiger partial charge < -0.3 is 10.8 Å². The molecule has 1 fully saturated rings. The molecule has 0 spiro atoms. The van der Waals surface area contributed by atoms with E-state index in [1.807, 2.05) is 0 Å². The van der Waals surface area contributed by atoms with E-state index in [1.54, 1.807) is 0 Å². The van der Waals surface area contributed by atoms with Crippen LogP contribution in [0.5, 0.6) is 0 Å². The summed E-state index contributed by atoms with van der Waals surface area (Å²) in [5.41, 5.74) is 5.58. The average Bonchev–Trinajstić information content (AvgIpc) is 2.17. The average molecular weight is 185 g/mol. The third kappa shape index (κ3) is 2.69. The van der Waals surface area contributed by atoms with Crippen LogP contribution in [0.2, 0.25) is 0 Å². The summed E-state index contributed by atoms with van der Waals surface area (Å²) in [6.45, 7) is 2.20. The minimum atomic E-state index is -0.847. The van der Waals surface area contributed by atoms with Crippen molar-refractivity contribution < 1.29 is 9.90 Å². The van der Waals surface area contributed by atoms with E-state index in [9.17, 15) is 4.79 Å². The largest absolute Gasteiger partial charge is 0.480 e. The molecule has 3 nitrogen and oxygen atoms in total. The first-order valence-corrected chi connectivity index (χ1v) is 5.13. The molecule has 0 amide bonds. The van der Waals surface area contributed by atoms with Crippen molar-refractivity contribution in [2.75, 3.05) is 0 Å². The van der Waals surface area contributed by atoms with E-state index in [0.717, 1.165) is 31.6 Å².